The van der Waals surface area contributed by atoms with E-state index in [0.29, 0.717) is 0 Å². The summed E-state index contributed by atoms with van der Waals surface area (Å²) in [4.78, 5) is 0. The monoisotopic (exact) mass is 239 g/mol. The number of benzene rings is 1. The van der Waals surface area contributed by atoms with E-state index in [-0.39, 0.29) is 10.6 Å². The van der Waals surface area contributed by atoms with Gasteiger partial charge in [-0.2, -0.15) is 8.42 Å². The number of hydrogen-bond acceptors (Lipinski definition) is 3. The smallest absolute Gasteiger partial charge is 0.253 e. The molecule has 0 aromatic heterocycles. The summed E-state index contributed by atoms with van der Waals surface area (Å²) in [6, 6.07) is 4.18. The van der Waals surface area contributed by atoms with E-state index in [0.717, 1.165) is 0 Å². The highest BCUT2D eigenvalue weighted by atomic mass is 35.5. The number of rotatable bonds is 3. The summed E-state index contributed by atoms with van der Waals surface area (Å²) in [5.74, 6) is -0.710. The largest absolute Gasteiger partial charge is 0.333 e. The molecule has 0 spiro atoms. The van der Waals surface area contributed by atoms with Crippen LogP contribution in [0.15, 0.2) is 18.2 Å². The lowest BCUT2D eigenvalue weighted by atomic mass is 10.2. The molecule has 14 heavy (non-hydrogen) atoms. The van der Waals surface area contributed by atoms with Crippen LogP contribution >= 0.6 is 11.6 Å². The van der Waals surface area contributed by atoms with E-state index in [1.807, 2.05) is 0 Å². The van der Waals surface area contributed by atoms with Crippen LogP contribution in [0.1, 0.15) is 5.56 Å². The van der Waals surface area contributed by atoms with Gasteiger partial charge in [-0.1, -0.05) is 23.7 Å². The minimum Gasteiger partial charge on any atom is -0.253 e. The Morgan fingerprint density at radius 3 is 2.71 bits per heavy atom. The molecule has 0 aliphatic rings. The van der Waals surface area contributed by atoms with Gasteiger partial charge < -0.3 is 0 Å². The first-order chi connectivity index (χ1) is 6.40. The molecule has 0 unspecified atom stereocenters. The minimum absolute atomic E-state index is 0.0338. The third kappa shape index (κ3) is 3.22. The zero-order valence-electron chi connectivity index (χ0n) is 6.91. The van der Waals surface area contributed by atoms with E-state index in [2.05, 4.69) is 9.32 Å². The Bertz CT molecular complexity index is 435. The van der Waals surface area contributed by atoms with Gasteiger partial charge in [0.15, 0.2) is 0 Å². The van der Waals surface area contributed by atoms with E-state index in [1.165, 1.54) is 18.2 Å². The van der Waals surface area contributed by atoms with Crippen LogP contribution in [0, 0.1) is 5.82 Å². The van der Waals surface area contributed by atoms with Gasteiger partial charge in [-0.3, -0.25) is 4.18 Å². The highest BCUT2D eigenvalue weighted by Gasteiger charge is 2.09. The zero-order valence-corrected chi connectivity index (χ0v) is 8.48. The highest BCUT2D eigenvalue weighted by Crippen LogP contribution is 2.18. The van der Waals surface area contributed by atoms with Crippen molar-refractivity contribution < 1.29 is 17.0 Å². The first kappa shape index (κ1) is 11.4. The van der Waals surface area contributed by atoms with Gasteiger partial charge in [-0.25, -0.2) is 9.53 Å². The van der Waals surface area contributed by atoms with E-state index >= 15 is 0 Å². The summed E-state index contributed by atoms with van der Waals surface area (Å²) in [7, 11) is -4.06. The van der Waals surface area contributed by atoms with Crippen molar-refractivity contribution in [3.63, 3.8) is 0 Å². The Hall–Kier alpha value is -0.690. The Balaban J connectivity index is 2.83. The molecular formula is C7H7ClFNO3S. The van der Waals surface area contributed by atoms with Crippen molar-refractivity contribution in [1.29, 1.82) is 0 Å². The quantitative estimate of drug-likeness (QED) is 0.862. The van der Waals surface area contributed by atoms with Gasteiger partial charge in [-0.05, 0) is 6.07 Å². The van der Waals surface area contributed by atoms with Crippen molar-refractivity contribution >= 4 is 21.9 Å². The molecule has 1 aromatic rings. The van der Waals surface area contributed by atoms with Crippen LogP contribution in [0.25, 0.3) is 0 Å². The summed E-state index contributed by atoms with van der Waals surface area (Å²) in [6.45, 7) is -0.467. The predicted octanol–water partition coefficient (Wildman–Crippen LogP) is 1.20. The second kappa shape index (κ2) is 4.22. The normalized spacial score (nSPS) is 11.6. The van der Waals surface area contributed by atoms with E-state index < -0.39 is 22.7 Å². The average molecular weight is 240 g/mol. The van der Waals surface area contributed by atoms with Crippen LogP contribution in [-0.2, 0) is 21.1 Å². The third-order valence-electron chi connectivity index (χ3n) is 1.41. The Morgan fingerprint density at radius 2 is 2.14 bits per heavy atom. The molecule has 0 aliphatic heterocycles. The minimum atomic E-state index is -4.06. The molecule has 0 atom stereocenters. The van der Waals surface area contributed by atoms with E-state index in [1.54, 1.807) is 0 Å². The lowest BCUT2D eigenvalue weighted by Crippen LogP contribution is -2.15. The topological polar surface area (TPSA) is 69.4 Å². The van der Waals surface area contributed by atoms with E-state index in [9.17, 15) is 12.8 Å². The first-order valence-electron chi connectivity index (χ1n) is 3.50. The van der Waals surface area contributed by atoms with Gasteiger partial charge in [0.05, 0.1) is 11.6 Å². The van der Waals surface area contributed by atoms with Crippen molar-refractivity contribution in [2.75, 3.05) is 0 Å². The molecule has 0 fully saturated rings. The molecule has 0 aliphatic carbocycles. The fourth-order valence-electron chi connectivity index (χ4n) is 0.806. The number of halogens is 2. The van der Waals surface area contributed by atoms with Crippen LogP contribution in [0.2, 0.25) is 5.02 Å². The summed E-state index contributed by atoms with van der Waals surface area (Å²) >= 11 is 5.45. The second-order valence-corrected chi connectivity index (χ2v) is 4.10. The predicted molar refractivity (Wildman–Crippen MR) is 49.3 cm³/mol. The fraction of sp³-hybridized carbons (Fsp3) is 0.143. The Morgan fingerprint density at radius 1 is 1.50 bits per heavy atom. The molecule has 2 N–H and O–H groups in total. The molecule has 0 saturated heterocycles. The van der Waals surface area contributed by atoms with E-state index in [4.69, 9.17) is 11.6 Å². The molecule has 1 aromatic carbocycles. The molecule has 1 rings (SSSR count). The van der Waals surface area contributed by atoms with Crippen LogP contribution in [0.3, 0.4) is 0 Å². The number of nitrogens with two attached hydrogens (primary N) is 1. The molecular weight excluding hydrogens is 233 g/mol. The van der Waals surface area contributed by atoms with Crippen molar-refractivity contribution in [2.24, 2.45) is 5.14 Å². The van der Waals surface area contributed by atoms with Gasteiger partial charge in [-0.15, -0.1) is 0 Å². The lowest BCUT2D eigenvalue weighted by molar-refractivity contribution is 0.303. The third-order valence-corrected chi connectivity index (χ3v) is 2.15. The van der Waals surface area contributed by atoms with Crippen molar-refractivity contribution in [3.05, 3.63) is 34.6 Å². The summed E-state index contributed by atoms with van der Waals surface area (Å²) in [5.41, 5.74) is 0.0338. The van der Waals surface area contributed by atoms with Crippen molar-refractivity contribution in [1.82, 2.24) is 0 Å². The molecule has 0 bridgehead atoms. The average Bonchev–Trinajstić information content (AvgIpc) is 2.06. The zero-order chi connectivity index (χ0) is 10.8. The first-order valence-corrected chi connectivity index (χ1v) is 5.35. The van der Waals surface area contributed by atoms with Crippen molar-refractivity contribution in [3.8, 4) is 0 Å². The van der Waals surface area contributed by atoms with Gasteiger partial charge in [0, 0.05) is 5.56 Å². The van der Waals surface area contributed by atoms with Crippen LogP contribution in [0.5, 0.6) is 0 Å². The number of hydrogen-bond donors (Lipinski definition) is 1. The van der Waals surface area contributed by atoms with Crippen LogP contribution < -0.4 is 5.14 Å². The molecule has 0 radical (unpaired) electrons. The Labute approximate surface area is 85.7 Å². The highest BCUT2D eigenvalue weighted by molar-refractivity contribution is 7.84. The van der Waals surface area contributed by atoms with Gasteiger partial charge >= 0.3 is 10.3 Å². The summed E-state index contributed by atoms with van der Waals surface area (Å²) in [5, 5.41) is 4.47. The fourth-order valence-corrected chi connectivity index (χ4v) is 1.29. The van der Waals surface area contributed by atoms with Crippen LogP contribution in [0.4, 0.5) is 4.39 Å². The second-order valence-electron chi connectivity index (χ2n) is 2.47. The lowest BCUT2D eigenvalue weighted by Gasteiger charge is -2.03. The molecule has 78 valence electrons. The van der Waals surface area contributed by atoms with Gasteiger partial charge in [0.2, 0.25) is 0 Å². The Kier molecular flexibility index (Phi) is 3.43. The maximum Gasteiger partial charge on any atom is 0.333 e. The molecule has 7 heteroatoms. The van der Waals surface area contributed by atoms with Gasteiger partial charge in [0.1, 0.15) is 5.82 Å². The SMILES string of the molecule is NS(=O)(=O)OCc1cccc(Cl)c1F. The molecule has 0 amide bonds. The van der Waals surface area contributed by atoms with Gasteiger partial charge in [0.25, 0.3) is 0 Å². The molecule has 0 saturated carbocycles. The summed E-state index contributed by atoms with van der Waals surface area (Å²) in [6.07, 6.45) is 0. The maximum absolute atomic E-state index is 13.1. The summed E-state index contributed by atoms with van der Waals surface area (Å²) < 4.78 is 38.1. The maximum atomic E-state index is 13.1. The molecule has 0 heterocycles. The molecule has 4 nitrogen and oxygen atoms in total. The van der Waals surface area contributed by atoms with Crippen molar-refractivity contribution in [2.45, 2.75) is 6.61 Å². The van der Waals surface area contributed by atoms with Crippen LogP contribution in [-0.4, -0.2) is 8.42 Å². The standard InChI is InChI=1S/C7H7ClFNO3S/c8-6-3-1-2-5(7(6)9)4-13-14(10,11)12/h1-3H,4H2,(H2,10,11,12).